The lowest BCUT2D eigenvalue weighted by atomic mass is 10.1. The lowest BCUT2D eigenvalue weighted by Gasteiger charge is -2.36. The van der Waals surface area contributed by atoms with Gasteiger partial charge in [0.1, 0.15) is 0 Å². The first kappa shape index (κ1) is 25.0. The second-order valence-corrected chi connectivity index (χ2v) is 11.1. The van der Waals surface area contributed by atoms with E-state index in [0.717, 1.165) is 60.6 Å². The Kier molecular flexibility index (Phi) is 7.00. The highest BCUT2D eigenvalue weighted by atomic mass is 32.2. The summed E-state index contributed by atoms with van der Waals surface area (Å²) in [6.45, 7) is 6.24. The number of hydrogen-bond donors (Lipinski definition) is 3. The topological polar surface area (TPSA) is 115 Å². The van der Waals surface area contributed by atoms with Crippen LogP contribution >= 0.6 is 0 Å². The molecule has 0 aliphatic carbocycles. The molecule has 0 spiro atoms. The van der Waals surface area contributed by atoms with Crippen LogP contribution in [0.5, 0.6) is 0 Å². The molecule has 1 saturated heterocycles. The van der Waals surface area contributed by atoms with Gasteiger partial charge in [-0.1, -0.05) is 18.2 Å². The number of fused-ring (bicyclic) bond motifs is 1. The smallest absolute Gasteiger partial charge is 0.245 e. The predicted octanol–water partition coefficient (Wildman–Crippen LogP) is 3.01. The van der Waals surface area contributed by atoms with Gasteiger partial charge in [-0.3, -0.25) is 9.62 Å². The summed E-state index contributed by atoms with van der Waals surface area (Å²) in [7, 11) is -3.43. The molecule has 1 fully saturated rings. The molecule has 1 atom stereocenters. The molecule has 3 N–H and O–H groups in total. The van der Waals surface area contributed by atoms with Gasteiger partial charge in [0, 0.05) is 49.7 Å². The fraction of sp³-hybridized carbons (Fsp3) is 0.308. The third-order valence-corrected chi connectivity index (χ3v) is 6.87. The van der Waals surface area contributed by atoms with E-state index < -0.39 is 10.0 Å². The monoisotopic (exact) mass is 521 g/mol. The van der Waals surface area contributed by atoms with E-state index >= 15 is 0 Å². The molecule has 1 aliphatic rings. The largest absolute Gasteiger partial charge is 0.392 e. The molecule has 11 heteroatoms. The number of rotatable bonds is 8. The molecule has 2 aromatic carbocycles. The van der Waals surface area contributed by atoms with Crippen LogP contribution in [0.2, 0.25) is 0 Å². The molecule has 0 saturated carbocycles. The molecule has 37 heavy (non-hydrogen) atoms. The van der Waals surface area contributed by atoms with E-state index in [9.17, 15) is 13.5 Å². The molecular formula is C26H31N7O3S. The van der Waals surface area contributed by atoms with Gasteiger partial charge >= 0.3 is 0 Å². The van der Waals surface area contributed by atoms with E-state index in [1.807, 2.05) is 43.3 Å². The van der Waals surface area contributed by atoms with Crippen molar-refractivity contribution in [3.63, 3.8) is 0 Å². The fourth-order valence-corrected chi connectivity index (χ4v) is 5.18. The van der Waals surface area contributed by atoms with Crippen molar-refractivity contribution >= 4 is 38.6 Å². The van der Waals surface area contributed by atoms with Gasteiger partial charge in [-0.15, -0.1) is 5.10 Å². The minimum atomic E-state index is -3.43. The van der Waals surface area contributed by atoms with E-state index in [4.69, 9.17) is 0 Å². The first-order chi connectivity index (χ1) is 17.7. The predicted molar refractivity (Wildman–Crippen MR) is 147 cm³/mol. The number of aliphatic hydroxyl groups excluding tert-OH is 1. The molecule has 0 amide bonds. The summed E-state index contributed by atoms with van der Waals surface area (Å²) < 4.78 is 28.0. The van der Waals surface area contributed by atoms with Crippen molar-refractivity contribution in [2.45, 2.75) is 13.0 Å². The van der Waals surface area contributed by atoms with Crippen LogP contribution in [0, 0.1) is 0 Å². The number of nitrogens with one attached hydrogen (secondary N) is 2. The van der Waals surface area contributed by atoms with Gasteiger partial charge < -0.3 is 15.3 Å². The van der Waals surface area contributed by atoms with E-state index in [1.54, 1.807) is 22.8 Å². The molecule has 5 rings (SSSR count). The second-order valence-electron chi connectivity index (χ2n) is 9.37. The molecule has 0 bridgehead atoms. The van der Waals surface area contributed by atoms with Crippen molar-refractivity contribution in [3.8, 4) is 11.3 Å². The molecule has 1 unspecified atom stereocenters. The van der Waals surface area contributed by atoms with Gasteiger partial charge in [-0.2, -0.15) is 0 Å². The molecule has 2 aromatic heterocycles. The highest BCUT2D eigenvalue weighted by Gasteiger charge is 2.18. The van der Waals surface area contributed by atoms with Gasteiger partial charge in [-0.05, 0) is 49.4 Å². The summed E-state index contributed by atoms with van der Waals surface area (Å²) in [6, 6.07) is 19.2. The maximum absolute atomic E-state index is 11.9. The Hall–Kier alpha value is -3.67. The summed E-state index contributed by atoms with van der Waals surface area (Å²) in [5.74, 6) is 0.429. The average Bonchev–Trinajstić information content (AvgIpc) is 3.27. The summed E-state index contributed by atoms with van der Waals surface area (Å²) >= 11 is 0. The first-order valence-corrected chi connectivity index (χ1v) is 14.1. The number of aliphatic hydroxyl groups is 1. The molecular weight excluding hydrogens is 490 g/mol. The van der Waals surface area contributed by atoms with Gasteiger partial charge in [0.05, 0.1) is 35.5 Å². The maximum Gasteiger partial charge on any atom is 0.245 e. The zero-order valence-corrected chi connectivity index (χ0v) is 21.7. The van der Waals surface area contributed by atoms with Crippen LogP contribution in [0.4, 0.5) is 23.0 Å². The third kappa shape index (κ3) is 6.01. The maximum atomic E-state index is 11.9. The lowest BCUT2D eigenvalue weighted by molar-refractivity contribution is 0.123. The summed E-state index contributed by atoms with van der Waals surface area (Å²) in [5, 5.41) is 17.5. The van der Waals surface area contributed by atoms with Gasteiger partial charge in [0.15, 0.2) is 0 Å². The number of hydrogen-bond acceptors (Lipinski definition) is 8. The van der Waals surface area contributed by atoms with E-state index in [0.29, 0.717) is 18.2 Å². The zero-order valence-electron chi connectivity index (χ0n) is 20.9. The molecule has 0 radical (unpaired) electrons. The van der Waals surface area contributed by atoms with Crippen LogP contribution in [0.1, 0.15) is 6.92 Å². The molecule has 4 aromatic rings. The van der Waals surface area contributed by atoms with Gasteiger partial charge in [0.25, 0.3) is 0 Å². The van der Waals surface area contributed by atoms with Crippen molar-refractivity contribution < 1.29 is 13.5 Å². The molecule has 194 valence electrons. The summed E-state index contributed by atoms with van der Waals surface area (Å²) in [5.41, 5.74) is 4.76. The number of β-amino-alcohol motifs (C(OH)–C–C–N with tert-alkyl or cyclic N) is 1. The highest BCUT2D eigenvalue weighted by molar-refractivity contribution is 7.92. The molecule has 3 heterocycles. The van der Waals surface area contributed by atoms with E-state index in [1.165, 1.54) is 0 Å². The normalized spacial score (nSPS) is 15.6. The number of piperazine rings is 1. The number of nitrogens with zero attached hydrogens (tertiary/aromatic N) is 5. The lowest BCUT2D eigenvalue weighted by Crippen LogP contribution is -2.48. The summed E-state index contributed by atoms with van der Waals surface area (Å²) in [4.78, 5) is 9.08. The summed E-state index contributed by atoms with van der Waals surface area (Å²) in [6.07, 6.45) is 2.56. The van der Waals surface area contributed by atoms with Crippen LogP contribution in [-0.4, -0.2) is 78.1 Å². The minimum Gasteiger partial charge on any atom is -0.392 e. The van der Waals surface area contributed by atoms with Crippen LogP contribution in [0.25, 0.3) is 16.8 Å². The SMILES string of the molecule is CC(O)CN1CCN(c2ccc(Nc3ncc4ccc(-c5ccccc5NS(C)(=O)=O)n4n3)cc2)CC1. The number of benzene rings is 2. The Bertz CT molecular complexity index is 1480. The van der Waals surface area contributed by atoms with Crippen LogP contribution in [0.3, 0.4) is 0 Å². The number of anilines is 4. The Morgan fingerprint density at radius 2 is 1.73 bits per heavy atom. The van der Waals surface area contributed by atoms with Crippen molar-refractivity contribution in [1.29, 1.82) is 0 Å². The van der Waals surface area contributed by atoms with Crippen LogP contribution in [0.15, 0.2) is 66.9 Å². The Labute approximate surface area is 216 Å². The Morgan fingerprint density at radius 1 is 1.00 bits per heavy atom. The van der Waals surface area contributed by atoms with Gasteiger partial charge in [-0.25, -0.2) is 17.9 Å². The van der Waals surface area contributed by atoms with Crippen molar-refractivity contribution in [2.24, 2.45) is 0 Å². The van der Waals surface area contributed by atoms with E-state index in [-0.39, 0.29) is 6.10 Å². The second kappa shape index (κ2) is 10.4. The molecule has 10 nitrogen and oxygen atoms in total. The average molecular weight is 522 g/mol. The number of aromatic nitrogens is 3. The van der Waals surface area contributed by atoms with Gasteiger partial charge in [0.2, 0.25) is 16.0 Å². The van der Waals surface area contributed by atoms with Crippen molar-refractivity contribution in [3.05, 3.63) is 66.9 Å². The van der Waals surface area contributed by atoms with Crippen LogP contribution < -0.4 is 14.9 Å². The zero-order chi connectivity index (χ0) is 26.0. The van der Waals surface area contributed by atoms with Crippen molar-refractivity contribution in [2.75, 3.05) is 53.9 Å². The fourth-order valence-electron chi connectivity index (χ4n) is 4.61. The molecule has 1 aliphatic heterocycles. The van der Waals surface area contributed by atoms with Crippen molar-refractivity contribution in [1.82, 2.24) is 19.5 Å². The standard InChI is InChI=1S/C26H31N7O3S/c1-19(34)18-31-13-15-32(16-14-31)21-9-7-20(8-10-21)28-26-27-17-22-11-12-25(33(22)29-26)23-5-3-4-6-24(23)30-37(2,35)36/h3-12,17,19,30,34H,13-16,18H2,1-2H3,(H,28,29). The highest BCUT2D eigenvalue weighted by Crippen LogP contribution is 2.30. The Morgan fingerprint density at radius 3 is 2.43 bits per heavy atom. The number of sulfonamides is 1. The quantitative estimate of drug-likeness (QED) is 0.324. The Balaban J connectivity index is 1.32. The number of para-hydroxylation sites is 1. The first-order valence-electron chi connectivity index (χ1n) is 12.2. The third-order valence-electron chi connectivity index (χ3n) is 6.28. The van der Waals surface area contributed by atoms with Crippen LogP contribution in [-0.2, 0) is 10.0 Å². The van der Waals surface area contributed by atoms with E-state index in [2.05, 4.69) is 42.1 Å². The minimum absolute atomic E-state index is 0.306.